The molecule has 0 nitrogen and oxygen atoms in total. The molecule has 1 atom stereocenters. The van der Waals surface area contributed by atoms with Crippen LogP contribution in [-0.2, 0) is 0 Å². The van der Waals surface area contributed by atoms with Gasteiger partial charge in [0.05, 0.1) is 48.4 Å². The van der Waals surface area contributed by atoms with Crippen LogP contribution in [0.4, 0.5) is 0 Å². The smallest absolute Gasteiger partial charge is 0.0656 e. The van der Waals surface area contributed by atoms with Crippen LogP contribution in [0.5, 0.6) is 0 Å². The molecule has 7 heteroatoms. The zero-order valence-electron chi connectivity index (χ0n) is 43.3. The van der Waals surface area contributed by atoms with E-state index in [4.69, 9.17) is 0 Å². The maximum Gasteiger partial charge on any atom is 0.176 e. The highest BCUT2D eigenvalue weighted by Crippen LogP contribution is 2.43. The zero-order valence-corrected chi connectivity index (χ0v) is 50.3. The predicted molar refractivity (Wildman–Crippen MR) is 291 cm³/mol. The Balaban J connectivity index is 2.91. The van der Waals surface area contributed by atoms with Crippen LogP contribution in [-0.4, -0.2) is 56.5 Å². The molecule has 1 unspecified atom stereocenters. The molecule has 0 aliphatic heterocycles. The molecule has 58 heavy (non-hydrogen) atoms. The first-order valence-electron chi connectivity index (χ1n) is 22.6. The summed E-state index contributed by atoms with van der Waals surface area (Å²) < 4.78 is 0. The highest BCUT2D eigenvalue weighted by Gasteiger charge is 2.57. The van der Waals surface area contributed by atoms with E-state index >= 15 is 0 Å². The van der Waals surface area contributed by atoms with Gasteiger partial charge in [0, 0.05) is 0 Å². The van der Waals surface area contributed by atoms with Crippen molar-refractivity contribution < 1.29 is 0 Å². The van der Waals surface area contributed by atoms with Crippen LogP contribution in [0.1, 0.15) is 61.1 Å². The van der Waals surface area contributed by atoms with Crippen molar-refractivity contribution in [1.29, 1.82) is 0 Å². The van der Waals surface area contributed by atoms with Gasteiger partial charge >= 0.3 is 0 Å². The number of allylic oxidation sites excluding steroid dienone is 4. The predicted octanol–water partition coefficient (Wildman–Crippen LogP) is 10.1. The lowest BCUT2D eigenvalue weighted by Crippen LogP contribution is -2.86. The Morgan fingerprint density at radius 3 is 0.741 bits per heavy atom. The van der Waals surface area contributed by atoms with Crippen LogP contribution in [0.15, 0.2) is 40.1 Å². The molecule has 0 spiro atoms. The van der Waals surface area contributed by atoms with Gasteiger partial charge in [-0.1, -0.05) is 190 Å². The normalized spacial score (nSPS) is 16.7. The molecule has 0 radical (unpaired) electrons. The molecular weight excluding hydrogens is 809 g/mol. The quantitative estimate of drug-likeness (QED) is 0.141. The average molecular weight is 898 g/mol. The van der Waals surface area contributed by atoms with Gasteiger partial charge < -0.3 is 0 Å². The molecule has 0 fully saturated rings. The van der Waals surface area contributed by atoms with E-state index in [1.54, 1.807) is 49.0 Å². The van der Waals surface area contributed by atoms with Crippen molar-refractivity contribution in [2.24, 2.45) is 5.92 Å². The Morgan fingerprint density at radius 2 is 0.569 bits per heavy atom. The van der Waals surface area contributed by atoms with E-state index in [9.17, 15) is 0 Å². The highest BCUT2D eigenvalue weighted by molar-refractivity contribution is 7.24. The maximum atomic E-state index is 2.72. The number of aryl methyl sites for hydroxylation is 3. The van der Waals surface area contributed by atoms with E-state index < -0.39 is 56.5 Å². The summed E-state index contributed by atoms with van der Waals surface area (Å²) in [6.45, 7) is 73.7. The van der Waals surface area contributed by atoms with E-state index in [-0.39, 0.29) is 0 Å². The fourth-order valence-electron chi connectivity index (χ4n) is 11.0. The Bertz CT molecular complexity index is 2010. The van der Waals surface area contributed by atoms with Crippen LogP contribution in [0.2, 0.25) is 118 Å². The lowest BCUT2D eigenvalue weighted by atomic mass is 10.1. The van der Waals surface area contributed by atoms with Crippen molar-refractivity contribution in [3.05, 3.63) is 73.5 Å². The third-order valence-corrected chi connectivity index (χ3v) is 33.7. The fourth-order valence-corrected chi connectivity index (χ4v) is 40.2. The van der Waals surface area contributed by atoms with Gasteiger partial charge in [0.1, 0.15) is 0 Å². The van der Waals surface area contributed by atoms with E-state index in [0.29, 0.717) is 5.92 Å². The minimum absolute atomic E-state index is 0.380. The maximum absolute atomic E-state index is 3.21. The monoisotopic (exact) mass is 897 g/mol. The molecule has 0 bridgehead atoms. The van der Waals surface area contributed by atoms with E-state index in [1.807, 2.05) is 36.3 Å². The SMILES string of the molecule is CC1=C(C)C(C)C([Si](c2c(C)c(C)cc([Si](C)(C)C)c2[Si](C)(C)C)(c2c(C)c(C)cc([Si](C)(C)C)c2[Si](C)(C)C)c2c(C)c(C)cc([Si](C)(C)C)c2[Si](C)(C)C)=C1C. The minimum atomic E-state index is -3.21. The lowest BCUT2D eigenvalue weighted by Gasteiger charge is -2.50. The van der Waals surface area contributed by atoms with Crippen LogP contribution < -0.4 is 46.7 Å². The second-order valence-electron chi connectivity index (χ2n) is 25.2. The first kappa shape index (κ1) is 49.3. The second kappa shape index (κ2) is 15.5. The molecule has 0 amide bonds. The first-order chi connectivity index (χ1) is 25.8. The van der Waals surface area contributed by atoms with Gasteiger partial charge in [0.15, 0.2) is 8.07 Å². The largest absolute Gasteiger partial charge is 0.176 e. The Kier molecular flexibility index (Phi) is 13.2. The summed E-state index contributed by atoms with van der Waals surface area (Å²) in [6, 6.07) is 8.16. The molecule has 320 valence electrons. The third-order valence-electron chi connectivity index (χ3n) is 14.4. The van der Waals surface area contributed by atoms with Gasteiger partial charge in [-0.05, 0) is 123 Å². The van der Waals surface area contributed by atoms with Crippen molar-refractivity contribution in [1.82, 2.24) is 0 Å². The summed E-state index contributed by atoms with van der Waals surface area (Å²) in [5.74, 6) is 0.380. The number of hydrogen-bond donors (Lipinski definition) is 0. The van der Waals surface area contributed by atoms with Crippen molar-refractivity contribution >= 4 is 103 Å². The van der Waals surface area contributed by atoms with Crippen LogP contribution >= 0.6 is 0 Å². The summed E-state index contributed by atoms with van der Waals surface area (Å²) >= 11 is 0. The third kappa shape index (κ3) is 8.19. The topological polar surface area (TPSA) is 0 Å². The summed E-state index contributed by atoms with van der Waals surface area (Å²) in [5.41, 5.74) is 14.2. The van der Waals surface area contributed by atoms with Crippen molar-refractivity contribution in [3.8, 4) is 0 Å². The number of rotatable bonds is 10. The molecule has 1 aliphatic rings. The summed E-state index contributed by atoms with van der Waals surface area (Å²) in [5, 5.41) is 18.1. The first-order valence-corrected chi connectivity index (χ1v) is 45.6. The van der Waals surface area contributed by atoms with Crippen molar-refractivity contribution in [2.45, 2.75) is 187 Å². The zero-order chi connectivity index (χ0) is 45.2. The van der Waals surface area contributed by atoms with Gasteiger partial charge in [0.25, 0.3) is 0 Å². The second-order valence-corrected chi connectivity index (χ2v) is 58.8. The number of hydrogen-bond acceptors (Lipinski definition) is 0. The molecule has 0 saturated heterocycles. The van der Waals surface area contributed by atoms with E-state index in [0.717, 1.165) is 0 Å². The minimum Gasteiger partial charge on any atom is -0.0656 e. The number of benzene rings is 3. The van der Waals surface area contributed by atoms with E-state index in [2.05, 4.69) is 205 Å². The van der Waals surface area contributed by atoms with E-state index in [1.165, 1.54) is 16.7 Å². The molecule has 0 N–H and O–H groups in total. The molecule has 4 rings (SSSR count). The molecule has 0 saturated carbocycles. The molecule has 1 aliphatic carbocycles. The van der Waals surface area contributed by atoms with Crippen molar-refractivity contribution in [2.75, 3.05) is 0 Å². The average Bonchev–Trinajstić information content (AvgIpc) is 3.21. The van der Waals surface area contributed by atoms with Crippen LogP contribution in [0, 0.1) is 47.5 Å². The van der Waals surface area contributed by atoms with Gasteiger partial charge in [-0.25, -0.2) is 0 Å². The molecular formula is C51H88Si7. The molecule has 3 aromatic rings. The standard InChI is InChI=1S/C51H88Si7/c1-32-29-42(52(11,12)13)49(55(20,21)22)46(35(32)4)58(45-40(9)38(7)39(8)41(45)10,47-36(5)33(2)30-43(53(14,15)16)50(47)56(23,24)25)48-37(6)34(3)31-44(54(17,18)19)51(48)57(26,27)28/h29-31,40H,1-28H3. The Hall–Kier alpha value is -1.34. The summed E-state index contributed by atoms with van der Waals surface area (Å²) in [7, 11) is -14.7. The van der Waals surface area contributed by atoms with Gasteiger partial charge in [-0.2, -0.15) is 0 Å². The van der Waals surface area contributed by atoms with Crippen LogP contribution in [0.25, 0.3) is 0 Å². The Labute approximate surface area is 367 Å². The molecule has 0 heterocycles. The summed E-state index contributed by atoms with van der Waals surface area (Å²) in [4.78, 5) is 0. The lowest BCUT2D eigenvalue weighted by molar-refractivity contribution is 0.851. The van der Waals surface area contributed by atoms with Crippen molar-refractivity contribution in [3.63, 3.8) is 0 Å². The molecule has 3 aromatic carbocycles. The Morgan fingerprint density at radius 1 is 0.328 bits per heavy atom. The van der Waals surface area contributed by atoms with Gasteiger partial charge in [-0.15, -0.1) is 0 Å². The van der Waals surface area contributed by atoms with Crippen LogP contribution in [0.3, 0.4) is 0 Å². The fraction of sp³-hybridized carbons (Fsp3) is 0.569. The van der Waals surface area contributed by atoms with Gasteiger partial charge in [0.2, 0.25) is 0 Å². The molecule has 0 aromatic heterocycles. The van der Waals surface area contributed by atoms with Gasteiger partial charge in [-0.3, -0.25) is 0 Å². The highest BCUT2D eigenvalue weighted by atomic mass is 28.3. The summed E-state index contributed by atoms with van der Waals surface area (Å²) in [6.07, 6.45) is 0.